The number of hydrogen-bond donors (Lipinski definition) is 1. The first-order valence-corrected chi connectivity index (χ1v) is 9.91. The minimum Gasteiger partial charge on any atom is -0.493 e. The third-order valence-corrected chi connectivity index (χ3v) is 6.29. The number of ether oxygens (including phenoxy) is 2. The summed E-state index contributed by atoms with van der Waals surface area (Å²) in [4.78, 5) is -0.0293. The Balaban J connectivity index is 0.00000364. The highest BCUT2D eigenvalue weighted by Gasteiger charge is 2.28. The molecule has 2 N–H and O–H groups in total. The molecular formula is C18H24Cl2N2O4S. The number of nitrogens with two attached hydrogens (primary N) is 1. The zero-order valence-electron chi connectivity index (χ0n) is 15.2. The smallest absolute Gasteiger partial charge is 0.244 e. The maximum Gasteiger partial charge on any atom is 0.244 e. The number of methoxy groups -OCH3 is 2. The number of benzene rings is 2. The van der Waals surface area contributed by atoms with Crippen molar-refractivity contribution in [3.8, 4) is 11.5 Å². The van der Waals surface area contributed by atoms with Crippen molar-refractivity contribution in [1.82, 2.24) is 4.31 Å². The van der Waals surface area contributed by atoms with Gasteiger partial charge in [0.05, 0.1) is 19.2 Å². The molecule has 150 valence electrons. The Morgan fingerprint density at radius 3 is 2.19 bits per heavy atom. The number of rotatable bonds is 9. The van der Waals surface area contributed by atoms with E-state index in [1.54, 1.807) is 0 Å². The van der Waals surface area contributed by atoms with Crippen LogP contribution in [0, 0.1) is 0 Å². The molecule has 0 aliphatic carbocycles. The molecule has 0 aromatic heterocycles. The van der Waals surface area contributed by atoms with Crippen LogP contribution < -0.4 is 15.2 Å². The fraction of sp³-hybridized carbons (Fsp3) is 0.333. The van der Waals surface area contributed by atoms with E-state index in [0.717, 1.165) is 5.56 Å². The van der Waals surface area contributed by atoms with E-state index in [0.29, 0.717) is 24.5 Å². The molecule has 9 heteroatoms. The molecule has 0 unspecified atom stereocenters. The standard InChI is InChI=1S/C18H23ClN2O4S.ClH/c1-24-16-12-15(19)18(13-17(16)25-2)26(22,23)21(11-9-20)10-8-14-6-4-3-5-7-14;/h3-7,12-13H,8-11,20H2,1-2H3;1H. The molecule has 27 heavy (non-hydrogen) atoms. The fourth-order valence-corrected chi connectivity index (χ4v) is 4.53. The van der Waals surface area contributed by atoms with Crippen molar-refractivity contribution < 1.29 is 17.9 Å². The third kappa shape index (κ3) is 5.73. The molecule has 0 saturated carbocycles. The highest BCUT2D eigenvalue weighted by atomic mass is 35.5. The molecule has 0 bridgehead atoms. The van der Waals surface area contributed by atoms with Gasteiger partial charge in [0.2, 0.25) is 10.0 Å². The Morgan fingerprint density at radius 2 is 1.63 bits per heavy atom. The summed E-state index contributed by atoms with van der Waals surface area (Å²) >= 11 is 6.21. The van der Waals surface area contributed by atoms with Crippen LogP contribution in [-0.4, -0.2) is 46.6 Å². The minimum atomic E-state index is -3.84. The van der Waals surface area contributed by atoms with Gasteiger partial charge < -0.3 is 15.2 Å². The summed E-state index contributed by atoms with van der Waals surface area (Å²) in [5, 5.41) is 0.0735. The van der Waals surface area contributed by atoms with Gasteiger partial charge in [-0.15, -0.1) is 12.4 Å². The molecule has 0 atom stereocenters. The van der Waals surface area contributed by atoms with E-state index in [4.69, 9.17) is 26.8 Å². The lowest BCUT2D eigenvalue weighted by Crippen LogP contribution is -2.37. The van der Waals surface area contributed by atoms with Crippen LogP contribution in [0.2, 0.25) is 5.02 Å². The predicted molar refractivity (Wildman–Crippen MR) is 110 cm³/mol. The topological polar surface area (TPSA) is 81.9 Å². The normalized spacial score (nSPS) is 11.1. The lowest BCUT2D eigenvalue weighted by Gasteiger charge is -2.23. The maximum absolute atomic E-state index is 13.1. The van der Waals surface area contributed by atoms with Gasteiger partial charge in [0.25, 0.3) is 0 Å². The first-order valence-electron chi connectivity index (χ1n) is 8.09. The molecule has 0 amide bonds. The van der Waals surface area contributed by atoms with E-state index >= 15 is 0 Å². The third-order valence-electron chi connectivity index (χ3n) is 3.93. The van der Waals surface area contributed by atoms with Gasteiger partial charge in [-0.05, 0) is 12.0 Å². The average molecular weight is 435 g/mol. The zero-order valence-corrected chi connectivity index (χ0v) is 17.6. The van der Waals surface area contributed by atoms with Crippen molar-refractivity contribution in [2.75, 3.05) is 33.9 Å². The summed E-state index contributed by atoms with van der Waals surface area (Å²) in [6.07, 6.45) is 0.574. The average Bonchev–Trinajstić information content (AvgIpc) is 2.65. The second kappa shape index (κ2) is 10.7. The van der Waals surface area contributed by atoms with E-state index in [2.05, 4.69) is 0 Å². The Bertz CT molecular complexity index is 833. The molecule has 2 rings (SSSR count). The molecule has 0 spiro atoms. The lowest BCUT2D eigenvalue weighted by molar-refractivity contribution is 0.353. The number of halogens is 2. The van der Waals surface area contributed by atoms with Crippen molar-refractivity contribution in [1.29, 1.82) is 0 Å². The van der Waals surface area contributed by atoms with Gasteiger partial charge in [-0.25, -0.2) is 8.42 Å². The Kier molecular flexibility index (Phi) is 9.35. The van der Waals surface area contributed by atoms with E-state index < -0.39 is 10.0 Å². The van der Waals surface area contributed by atoms with Gasteiger partial charge in [-0.2, -0.15) is 4.31 Å². The summed E-state index contributed by atoms with van der Waals surface area (Å²) < 4.78 is 37.9. The van der Waals surface area contributed by atoms with Crippen molar-refractivity contribution in [2.45, 2.75) is 11.3 Å². The molecule has 2 aromatic rings. The molecule has 6 nitrogen and oxygen atoms in total. The van der Waals surface area contributed by atoms with Crippen LogP contribution in [0.1, 0.15) is 5.56 Å². The monoisotopic (exact) mass is 434 g/mol. The fourth-order valence-electron chi connectivity index (χ4n) is 2.57. The number of hydrogen-bond acceptors (Lipinski definition) is 5. The van der Waals surface area contributed by atoms with Crippen molar-refractivity contribution in [3.63, 3.8) is 0 Å². The summed E-state index contributed by atoms with van der Waals surface area (Å²) in [5.74, 6) is 0.664. The van der Waals surface area contributed by atoms with Crippen molar-refractivity contribution >= 4 is 34.0 Å². The van der Waals surface area contributed by atoms with Gasteiger partial charge in [0, 0.05) is 31.8 Å². The van der Waals surface area contributed by atoms with Crippen molar-refractivity contribution in [3.05, 3.63) is 53.1 Å². The largest absolute Gasteiger partial charge is 0.493 e. The van der Waals surface area contributed by atoms with Crippen LogP contribution in [-0.2, 0) is 16.4 Å². The van der Waals surface area contributed by atoms with E-state index in [-0.39, 0.29) is 35.4 Å². The van der Waals surface area contributed by atoms with Gasteiger partial charge in [-0.3, -0.25) is 0 Å². The highest BCUT2D eigenvalue weighted by molar-refractivity contribution is 7.89. The summed E-state index contributed by atoms with van der Waals surface area (Å²) in [6.45, 7) is 0.701. The minimum absolute atomic E-state index is 0. The highest BCUT2D eigenvalue weighted by Crippen LogP contribution is 2.36. The molecule has 0 saturated heterocycles. The second-order valence-electron chi connectivity index (χ2n) is 5.57. The molecule has 2 aromatic carbocycles. The number of sulfonamides is 1. The summed E-state index contributed by atoms with van der Waals surface area (Å²) in [5.41, 5.74) is 6.67. The van der Waals surface area contributed by atoms with Crippen molar-refractivity contribution in [2.24, 2.45) is 5.73 Å². The zero-order chi connectivity index (χ0) is 19.2. The van der Waals surface area contributed by atoms with E-state index in [9.17, 15) is 8.42 Å². The van der Waals surface area contributed by atoms with E-state index in [1.807, 2.05) is 30.3 Å². The van der Waals surface area contributed by atoms with Crippen LogP contribution in [0.3, 0.4) is 0 Å². The molecule has 0 heterocycles. The SMILES string of the molecule is COc1cc(Cl)c(S(=O)(=O)N(CCN)CCc2ccccc2)cc1OC.Cl. The van der Waals surface area contributed by atoms with Crippen LogP contribution in [0.5, 0.6) is 11.5 Å². The first kappa shape index (κ1) is 23.5. The van der Waals surface area contributed by atoms with Crippen LogP contribution in [0.25, 0.3) is 0 Å². The summed E-state index contributed by atoms with van der Waals surface area (Å²) in [6, 6.07) is 12.5. The molecule has 0 fully saturated rings. The quantitative estimate of drug-likeness (QED) is 0.655. The van der Waals surface area contributed by atoms with E-state index in [1.165, 1.54) is 30.7 Å². The van der Waals surface area contributed by atoms with Gasteiger partial charge in [0.1, 0.15) is 4.90 Å². The van der Waals surface area contributed by atoms with Crippen LogP contribution >= 0.6 is 24.0 Å². The van der Waals surface area contributed by atoms with Crippen LogP contribution in [0.4, 0.5) is 0 Å². The Labute approximate surface area is 171 Å². The molecule has 0 aliphatic heterocycles. The summed E-state index contributed by atoms with van der Waals surface area (Å²) in [7, 11) is -0.935. The first-order chi connectivity index (χ1) is 12.4. The van der Waals surface area contributed by atoms with Gasteiger partial charge in [-0.1, -0.05) is 41.9 Å². The Hall–Kier alpha value is -1.51. The molecular weight excluding hydrogens is 411 g/mol. The van der Waals surface area contributed by atoms with Gasteiger partial charge >= 0.3 is 0 Å². The molecule has 0 radical (unpaired) electrons. The van der Waals surface area contributed by atoms with Crippen LogP contribution in [0.15, 0.2) is 47.4 Å². The number of nitrogens with zero attached hydrogens (tertiary/aromatic N) is 1. The lowest BCUT2D eigenvalue weighted by atomic mass is 10.1. The predicted octanol–water partition coefficient (Wildman–Crippen LogP) is 2.97. The maximum atomic E-state index is 13.1. The Morgan fingerprint density at radius 1 is 1.04 bits per heavy atom. The van der Waals surface area contributed by atoms with Gasteiger partial charge in [0.15, 0.2) is 11.5 Å². The molecule has 0 aliphatic rings. The second-order valence-corrected chi connectivity index (χ2v) is 7.88.